The number of unbranched alkanes of at least 4 members (excludes halogenated alkanes) is 10. The van der Waals surface area contributed by atoms with Gasteiger partial charge in [-0.2, -0.15) is 0 Å². The lowest BCUT2D eigenvalue weighted by Gasteiger charge is -2.03. The van der Waals surface area contributed by atoms with Gasteiger partial charge in [0.2, 0.25) is 0 Å². The third kappa shape index (κ3) is 15.5. The van der Waals surface area contributed by atoms with Gasteiger partial charge in [-0.25, -0.2) is 0 Å². The molecule has 0 heterocycles. The molecule has 118 valence electrons. The maximum absolute atomic E-state index is 9.71. The Hall–Kier alpha value is -0.520. The minimum atomic E-state index is -0.437. The van der Waals surface area contributed by atoms with Crippen molar-refractivity contribution in [1.29, 1.82) is 0 Å². The molecule has 2 heteroatoms. The quantitative estimate of drug-likeness (QED) is 0.387. The van der Waals surface area contributed by atoms with Crippen LogP contribution in [0.5, 0.6) is 0 Å². The van der Waals surface area contributed by atoms with E-state index in [-0.39, 0.29) is 0 Å². The first kappa shape index (κ1) is 19.5. The lowest BCUT2D eigenvalue weighted by Crippen LogP contribution is -2.02. The molecule has 0 amide bonds. The highest BCUT2D eigenvalue weighted by Gasteiger charge is 1.98. The minimum absolute atomic E-state index is 0.298. The van der Waals surface area contributed by atoms with Crippen LogP contribution in [0.15, 0.2) is 0 Å². The third-order valence-electron chi connectivity index (χ3n) is 3.56. The maximum Gasteiger partial charge on any atom is 0.114 e. The summed E-state index contributed by atoms with van der Waals surface area (Å²) in [5, 5.41) is 18.4. The molecule has 2 N–H and O–H groups in total. The van der Waals surface area contributed by atoms with Crippen molar-refractivity contribution in [3.8, 4) is 11.8 Å². The average molecular weight is 282 g/mol. The molecule has 0 aromatic heterocycles. The van der Waals surface area contributed by atoms with Crippen molar-refractivity contribution in [3.05, 3.63) is 0 Å². The summed E-state index contributed by atoms with van der Waals surface area (Å²) in [5.74, 6) is 6.06. The molecule has 0 bridgehead atoms. The van der Waals surface area contributed by atoms with E-state index >= 15 is 0 Å². The highest BCUT2D eigenvalue weighted by Crippen LogP contribution is 2.08. The second-order valence-corrected chi connectivity index (χ2v) is 5.63. The van der Waals surface area contributed by atoms with Crippen LogP contribution in [0.25, 0.3) is 0 Å². The van der Waals surface area contributed by atoms with Crippen LogP contribution in [0.1, 0.15) is 90.4 Å². The van der Waals surface area contributed by atoms with Crippen LogP contribution in [0, 0.1) is 11.8 Å². The second-order valence-electron chi connectivity index (χ2n) is 5.63. The van der Waals surface area contributed by atoms with Crippen LogP contribution in [-0.2, 0) is 0 Å². The van der Waals surface area contributed by atoms with Crippen LogP contribution < -0.4 is 0 Å². The van der Waals surface area contributed by atoms with E-state index in [0.29, 0.717) is 6.61 Å². The van der Waals surface area contributed by atoms with Gasteiger partial charge < -0.3 is 10.2 Å². The Kier molecular flexibility index (Phi) is 16.1. The van der Waals surface area contributed by atoms with Gasteiger partial charge in [0.15, 0.2) is 0 Å². The van der Waals surface area contributed by atoms with E-state index < -0.39 is 6.10 Å². The number of aliphatic hydroxyl groups excluding tert-OH is 2. The van der Waals surface area contributed by atoms with Crippen LogP contribution in [0.4, 0.5) is 0 Å². The van der Waals surface area contributed by atoms with Gasteiger partial charge in [0.25, 0.3) is 0 Å². The van der Waals surface area contributed by atoms with Gasteiger partial charge in [-0.05, 0) is 25.7 Å². The van der Waals surface area contributed by atoms with Gasteiger partial charge >= 0.3 is 0 Å². The molecule has 0 saturated heterocycles. The van der Waals surface area contributed by atoms with Crippen LogP contribution in [-0.4, -0.2) is 22.9 Å². The van der Waals surface area contributed by atoms with E-state index in [9.17, 15) is 5.11 Å². The summed E-state index contributed by atoms with van der Waals surface area (Å²) < 4.78 is 0. The molecule has 0 aromatic rings. The lowest BCUT2D eigenvalue weighted by atomic mass is 10.1. The summed E-state index contributed by atoms with van der Waals surface area (Å²) in [5.41, 5.74) is 0. The van der Waals surface area contributed by atoms with Crippen molar-refractivity contribution >= 4 is 0 Å². The average Bonchev–Trinajstić information content (AvgIpc) is 2.45. The van der Waals surface area contributed by atoms with Gasteiger partial charge in [0, 0.05) is 13.0 Å². The summed E-state index contributed by atoms with van der Waals surface area (Å²) >= 11 is 0. The largest absolute Gasteiger partial charge is 0.396 e. The molecule has 0 spiro atoms. The Morgan fingerprint density at radius 2 is 1.40 bits per heavy atom. The van der Waals surface area contributed by atoms with E-state index in [1.54, 1.807) is 0 Å². The molecular formula is C18H34O2. The Bertz CT molecular complexity index is 240. The van der Waals surface area contributed by atoms with Crippen LogP contribution >= 0.6 is 0 Å². The second kappa shape index (κ2) is 16.5. The van der Waals surface area contributed by atoms with E-state index in [1.807, 2.05) is 0 Å². The van der Waals surface area contributed by atoms with Crippen LogP contribution in [0.3, 0.4) is 0 Å². The minimum Gasteiger partial charge on any atom is -0.396 e. The molecule has 20 heavy (non-hydrogen) atoms. The fraction of sp³-hybridized carbons (Fsp3) is 0.889. The van der Waals surface area contributed by atoms with Crippen molar-refractivity contribution in [2.45, 2.75) is 96.5 Å². The third-order valence-corrected chi connectivity index (χ3v) is 3.56. The molecule has 0 aliphatic carbocycles. The fourth-order valence-electron chi connectivity index (χ4n) is 2.24. The first-order chi connectivity index (χ1) is 9.81. The Labute approximate surface area is 126 Å². The Balaban J connectivity index is 3.29. The normalized spacial score (nSPS) is 11.9. The van der Waals surface area contributed by atoms with Crippen molar-refractivity contribution in [3.63, 3.8) is 0 Å². The summed E-state index contributed by atoms with van der Waals surface area (Å²) in [4.78, 5) is 0. The lowest BCUT2D eigenvalue weighted by molar-refractivity contribution is 0.216. The number of hydrogen-bond donors (Lipinski definition) is 2. The zero-order valence-corrected chi connectivity index (χ0v) is 13.4. The summed E-state index contributed by atoms with van der Waals surface area (Å²) in [6.07, 6.45) is 14.4. The van der Waals surface area contributed by atoms with Crippen molar-refractivity contribution in [2.75, 3.05) is 6.61 Å². The van der Waals surface area contributed by atoms with Gasteiger partial charge in [-0.15, -0.1) is 5.92 Å². The van der Waals surface area contributed by atoms with Gasteiger partial charge in [-0.1, -0.05) is 64.2 Å². The smallest absolute Gasteiger partial charge is 0.114 e. The zero-order valence-electron chi connectivity index (χ0n) is 13.4. The summed E-state index contributed by atoms with van der Waals surface area (Å²) in [6.45, 7) is 2.53. The number of aliphatic hydroxyl groups is 2. The van der Waals surface area contributed by atoms with Crippen molar-refractivity contribution < 1.29 is 10.2 Å². The molecule has 0 radical (unpaired) electrons. The van der Waals surface area contributed by atoms with E-state index in [2.05, 4.69) is 18.8 Å². The maximum atomic E-state index is 9.71. The first-order valence-corrected chi connectivity index (χ1v) is 8.58. The first-order valence-electron chi connectivity index (χ1n) is 8.58. The fourth-order valence-corrected chi connectivity index (χ4v) is 2.24. The van der Waals surface area contributed by atoms with Gasteiger partial charge in [-0.3, -0.25) is 0 Å². The summed E-state index contributed by atoms with van der Waals surface area (Å²) in [6, 6.07) is 0. The SMILES string of the molecule is CCCCCCCCC#CC(O)CCCCCCCO. The predicted octanol–water partition coefficient (Wildman–Crippen LogP) is 4.43. The summed E-state index contributed by atoms with van der Waals surface area (Å²) in [7, 11) is 0. The molecule has 0 aromatic carbocycles. The molecule has 0 fully saturated rings. The Morgan fingerprint density at radius 1 is 0.800 bits per heavy atom. The highest BCUT2D eigenvalue weighted by molar-refractivity contribution is 5.04. The highest BCUT2D eigenvalue weighted by atomic mass is 16.3. The van der Waals surface area contributed by atoms with E-state index in [1.165, 1.54) is 38.5 Å². The number of hydrogen-bond acceptors (Lipinski definition) is 2. The van der Waals surface area contributed by atoms with Crippen molar-refractivity contribution in [1.82, 2.24) is 0 Å². The Morgan fingerprint density at radius 3 is 2.10 bits per heavy atom. The molecule has 0 rings (SSSR count). The van der Waals surface area contributed by atoms with Gasteiger partial charge in [0.05, 0.1) is 0 Å². The molecule has 0 saturated carbocycles. The molecular weight excluding hydrogens is 248 g/mol. The standard InChI is InChI=1S/C18H34O2/c1-2-3-4-5-6-7-9-12-15-18(20)16-13-10-8-11-14-17-19/h18-20H,2-11,13-14,16-17H2,1H3. The topological polar surface area (TPSA) is 40.5 Å². The van der Waals surface area contributed by atoms with Gasteiger partial charge in [0.1, 0.15) is 6.10 Å². The van der Waals surface area contributed by atoms with Crippen LogP contribution in [0.2, 0.25) is 0 Å². The number of rotatable bonds is 13. The van der Waals surface area contributed by atoms with Crippen molar-refractivity contribution in [2.24, 2.45) is 0 Å². The van der Waals surface area contributed by atoms with E-state index in [4.69, 9.17) is 5.11 Å². The molecule has 0 aliphatic rings. The monoisotopic (exact) mass is 282 g/mol. The molecule has 2 nitrogen and oxygen atoms in total. The molecule has 1 atom stereocenters. The zero-order chi connectivity index (χ0) is 14.9. The molecule has 1 unspecified atom stereocenters. The van der Waals surface area contributed by atoms with E-state index in [0.717, 1.165) is 44.9 Å². The molecule has 0 aliphatic heterocycles. The predicted molar refractivity (Wildman–Crippen MR) is 86.6 cm³/mol.